The van der Waals surface area contributed by atoms with E-state index in [2.05, 4.69) is 30.1 Å². The molecule has 7 heteroatoms. The number of H-pyrrole nitrogens is 1. The minimum Gasteiger partial charge on any atom is -0.307 e. The average molecular weight is 489 g/mol. The Labute approximate surface area is 205 Å². The number of aromatic nitrogens is 1. The molecule has 7 rings (SSSR count). The summed E-state index contributed by atoms with van der Waals surface area (Å²) in [6.45, 7) is 4.13. The highest BCUT2D eigenvalue weighted by Gasteiger charge is 2.69. The number of carbonyl (C=O) groups is 2. The molecule has 7 atom stereocenters. The van der Waals surface area contributed by atoms with E-state index in [4.69, 9.17) is 0 Å². The highest BCUT2D eigenvalue weighted by Crippen LogP contribution is 2.68. The topological polar surface area (TPSA) is 70.2 Å². The third-order valence-corrected chi connectivity index (χ3v) is 11.1. The second-order valence-electron chi connectivity index (χ2n) is 10.2. The highest BCUT2D eigenvalue weighted by atomic mass is 32.2. The van der Waals surface area contributed by atoms with E-state index < -0.39 is 0 Å². The SMILES string of the molecule is Cc1ccc(N2C(=O)[C@@H]3[C@H]4C[C@@H]([C@@H]3C2=O)[C@H]2[C@H](c3ccccc3C)c3sc(=O)[nH]c3S[C@@H]42)cc1. The van der Waals surface area contributed by atoms with E-state index in [1.54, 1.807) is 11.8 Å². The predicted octanol–water partition coefficient (Wildman–Crippen LogP) is 4.73. The quantitative estimate of drug-likeness (QED) is 0.530. The lowest BCUT2D eigenvalue weighted by Crippen LogP contribution is -2.42. The maximum Gasteiger partial charge on any atom is 0.305 e. The molecule has 2 aromatic carbocycles. The number of nitrogens with one attached hydrogen (secondary N) is 1. The molecule has 1 N–H and O–H groups in total. The number of aryl methyl sites for hydroxylation is 2. The van der Waals surface area contributed by atoms with Crippen LogP contribution in [0.1, 0.15) is 33.9 Å². The van der Waals surface area contributed by atoms with Crippen molar-refractivity contribution in [2.24, 2.45) is 29.6 Å². The van der Waals surface area contributed by atoms with Crippen molar-refractivity contribution < 1.29 is 9.59 Å². The number of imide groups is 1. The van der Waals surface area contributed by atoms with Crippen LogP contribution in [0.3, 0.4) is 0 Å². The van der Waals surface area contributed by atoms with Crippen molar-refractivity contribution in [1.82, 2.24) is 4.98 Å². The van der Waals surface area contributed by atoms with Crippen LogP contribution >= 0.6 is 23.1 Å². The first-order valence-corrected chi connectivity index (χ1v) is 13.5. The van der Waals surface area contributed by atoms with Crippen molar-refractivity contribution >= 4 is 40.6 Å². The molecule has 5 nitrogen and oxygen atoms in total. The predicted molar refractivity (Wildman–Crippen MR) is 133 cm³/mol. The number of thioether (sulfide) groups is 1. The third kappa shape index (κ3) is 2.65. The summed E-state index contributed by atoms with van der Waals surface area (Å²) in [5.74, 6) is 0.0363. The van der Waals surface area contributed by atoms with E-state index in [-0.39, 0.29) is 57.4 Å². The molecule has 3 fully saturated rings. The van der Waals surface area contributed by atoms with E-state index in [0.717, 1.165) is 21.9 Å². The first-order valence-electron chi connectivity index (χ1n) is 11.8. The molecule has 2 saturated carbocycles. The molecule has 0 radical (unpaired) electrons. The molecule has 3 heterocycles. The molecule has 4 aliphatic rings. The van der Waals surface area contributed by atoms with E-state index in [0.29, 0.717) is 5.69 Å². The fourth-order valence-electron chi connectivity index (χ4n) is 7.25. The normalized spacial score (nSPS) is 33.2. The molecule has 1 saturated heterocycles. The van der Waals surface area contributed by atoms with Crippen LogP contribution in [-0.4, -0.2) is 22.0 Å². The molecule has 2 bridgehead atoms. The van der Waals surface area contributed by atoms with Gasteiger partial charge in [0.1, 0.15) is 0 Å². The van der Waals surface area contributed by atoms with Crippen LogP contribution in [0.5, 0.6) is 0 Å². The molecule has 1 aromatic heterocycles. The highest BCUT2D eigenvalue weighted by molar-refractivity contribution is 8.00. The van der Waals surface area contributed by atoms with Gasteiger partial charge in [-0.05, 0) is 61.3 Å². The minimum absolute atomic E-state index is 0.0266. The molecule has 2 amide bonds. The Balaban J connectivity index is 1.34. The smallest absolute Gasteiger partial charge is 0.305 e. The number of hydrogen-bond donors (Lipinski definition) is 1. The van der Waals surface area contributed by atoms with Crippen LogP contribution in [0.25, 0.3) is 0 Å². The second-order valence-corrected chi connectivity index (χ2v) is 12.4. The largest absolute Gasteiger partial charge is 0.307 e. The second kappa shape index (κ2) is 7.18. The first-order chi connectivity index (χ1) is 16.4. The number of nitrogens with zero attached hydrogens (tertiary/aromatic N) is 1. The van der Waals surface area contributed by atoms with Crippen LogP contribution in [0.4, 0.5) is 5.69 Å². The summed E-state index contributed by atoms with van der Waals surface area (Å²) in [6, 6.07) is 16.1. The zero-order chi connectivity index (χ0) is 23.3. The average Bonchev–Trinajstić information content (AvgIpc) is 3.54. The van der Waals surface area contributed by atoms with Crippen LogP contribution in [0.2, 0.25) is 0 Å². The van der Waals surface area contributed by atoms with Crippen molar-refractivity contribution in [2.75, 3.05) is 4.90 Å². The number of anilines is 1. The lowest BCUT2D eigenvalue weighted by atomic mass is 9.67. The zero-order valence-electron chi connectivity index (χ0n) is 18.9. The lowest BCUT2D eigenvalue weighted by molar-refractivity contribution is -0.123. The molecule has 34 heavy (non-hydrogen) atoms. The van der Waals surface area contributed by atoms with Crippen LogP contribution in [0.15, 0.2) is 58.4 Å². The maximum absolute atomic E-state index is 13.8. The number of fused-ring (bicyclic) bond motifs is 9. The number of carbonyl (C=O) groups excluding carboxylic acids is 2. The monoisotopic (exact) mass is 488 g/mol. The van der Waals surface area contributed by atoms with Gasteiger partial charge in [-0.1, -0.05) is 53.3 Å². The Morgan fingerprint density at radius 1 is 0.912 bits per heavy atom. The van der Waals surface area contributed by atoms with Gasteiger partial charge in [-0.3, -0.25) is 19.3 Å². The number of amides is 2. The van der Waals surface area contributed by atoms with Gasteiger partial charge < -0.3 is 4.98 Å². The first kappa shape index (κ1) is 20.7. The standard InChI is InChI=1S/C27H24N2O3S2/c1-12-7-9-14(10-8-12)29-25(30)20-16-11-17(21(20)26(29)31)22-19(16)18(15-6-4-3-5-13(15)2)23-24(33-22)28-27(32)34-23/h3-10,16-22H,11H2,1-2H3,(H,28,32)/t16-,17-,18+,19+,20+,21-,22+/m1/s1. The minimum atomic E-state index is -0.260. The summed E-state index contributed by atoms with van der Waals surface area (Å²) in [5.41, 5.74) is 4.24. The summed E-state index contributed by atoms with van der Waals surface area (Å²) in [4.78, 5) is 45.4. The Morgan fingerprint density at radius 3 is 2.35 bits per heavy atom. The summed E-state index contributed by atoms with van der Waals surface area (Å²) in [6.07, 6.45) is 0.915. The summed E-state index contributed by atoms with van der Waals surface area (Å²) < 4.78 is 0. The van der Waals surface area contributed by atoms with Crippen molar-refractivity contribution in [3.8, 4) is 0 Å². The van der Waals surface area contributed by atoms with Crippen molar-refractivity contribution in [2.45, 2.75) is 36.5 Å². The van der Waals surface area contributed by atoms with Gasteiger partial charge >= 0.3 is 4.87 Å². The van der Waals surface area contributed by atoms with Gasteiger partial charge in [0.2, 0.25) is 11.8 Å². The van der Waals surface area contributed by atoms with Gasteiger partial charge in [0, 0.05) is 16.0 Å². The van der Waals surface area contributed by atoms with Gasteiger partial charge in [0.05, 0.1) is 22.5 Å². The van der Waals surface area contributed by atoms with E-state index >= 15 is 0 Å². The molecule has 3 aromatic rings. The van der Waals surface area contributed by atoms with Gasteiger partial charge in [0.15, 0.2) is 0 Å². The van der Waals surface area contributed by atoms with Crippen molar-refractivity contribution in [3.63, 3.8) is 0 Å². The number of benzene rings is 2. The maximum atomic E-state index is 13.8. The number of rotatable bonds is 2. The van der Waals surface area contributed by atoms with Crippen LogP contribution in [0, 0.1) is 43.4 Å². The lowest BCUT2D eigenvalue weighted by Gasteiger charge is -2.43. The van der Waals surface area contributed by atoms with Crippen LogP contribution in [-0.2, 0) is 9.59 Å². The molecular weight excluding hydrogens is 464 g/mol. The van der Waals surface area contributed by atoms with E-state index in [1.165, 1.54) is 27.4 Å². The summed E-state index contributed by atoms with van der Waals surface area (Å²) >= 11 is 3.05. The molecule has 0 spiro atoms. The van der Waals surface area contributed by atoms with Gasteiger partial charge in [0.25, 0.3) is 0 Å². The molecule has 2 aliphatic heterocycles. The van der Waals surface area contributed by atoms with Crippen molar-refractivity contribution in [1.29, 1.82) is 0 Å². The summed E-state index contributed by atoms with van der Waals surface area (Å²) in [5, 5.41) is 1.18. The third-order valence-electron chi connectivity index (χ3n) is 8.54. The number of hydrogen-bond acceptors (Lipinski definition) is 5. The van der Waals surface area contributed by atoms with E-state index in [1.807, 2.05) is 37.3 Å². The zero-order valence-corrected chi connectivity index (χ0v) is 20.5. The Bertz CT molecular complexity index is 1410. The molecule has 172 valence electrons. The fourth-order valence-corrected chi connectivity index (χ4v) is 10.1. The fraction of sp³-hybridized carbons (Fsp3) is 0.370. The Morgan fingerprint density at radius 2 is 1.62 bits per heavy atom. The molecular formula is C27H24N2O3S2. The van der Waals surface area contributed by atoms with Crippen LogP contribution < -0.4 is 9.77 Å². The summed E-state index contributed by atoms with van der Waals surface area (Å²) in [7, 11) is 0. The van der Waals surface area contributed by atoms with Gasteiger partial charge in [-0.25, -0.2) is 0 Å². The van der Waals surface area contributed by atoms with Gasteiger partial charge in [-0.15, -0.1) is 11.8 Å². The Hall–Kier alpha value is -2.64. The van der Waals surface area contributed by atoms with Gasteiger partial charge in [-0.2, -0.15) is 0 Å². The molecule has 0 unspecified atom stereocenters. The van der Waals surface area contributed by atoms with E-state index in [9.17, 15) is 14.4 Å². The Kier molecular flexibility index (Phi) is 4.38. The molecule has 2 aliphatic carbocycles. The van der Waals surface area contributed by atoms with Crippen molar-refractivity contribution in [3.05, 3.63) is 79.8 Å². The number of thiazole rings is 1. The number of aromatic amines is 1.